The Hall–Kier alpha value is -1.78. The van der Waals surface area contributed by atoms with Gasteiger partial charge in [-0.25, -0.2) is 15.4 Å². The summed E-state index contributed by atoms with van der Waals surface area (Å²) in [5.74, 6) is 6.38. The van der Waals surface area contributed by atoms with Crippen molar-refractivity contribution < 1.29 is 0 Å². The molecule has 0 aliphatic carbocycles. The van der Waals surface area contributed by atoms with E-state index in [1.807, 2.05) is 0 Å². The van der Waals surface area contributed by atoms with E-state index in [4.69, 9.17) is 5.84 Å². The lowest BCUT2D eigenvalue weighted by atomic mass is 9.94. The number of rotatable bonds is 4. The third kappa shape index (κ3) is 3.16. The Kier molecular flexibility index (Phi) is 4.24. The maximum Gasteiger partial charge on any atom is 0.146 e. The Morgan fingerprint density at radius 1 is 1.11 bits per heavy atom. The molecular formula is C15H20N4. The Morgan fingerprint density at radius 3 is 2.21 bits per heavy atom. The average Bonchev–Trinajstić information content (AvgIpc) is 2.39. The second-order valence-electron chi connectivity index (χ2n) is 4.91. The highest BCUT2D eigenvalue weighted by atomic mass is 15.2. The minimum atomic E-state index is -0.0682. The molecule has 0 spiro atoms. The van der Waals surface area contributed by atoms with Crippen molar-refractivity contribution in [3.8, 4) is 0 Å². The number of nitrogens with two attached hydrogens (primary N) is 1. The second kappa shape index (κ2) is 5.91. The summed E-state index contributed by atoms with van der Waals surface area (Å²) >= 11 is 0. The number of aromatic nitrogens is 2. The normalized spacial score (nSPS) is 12.4. The van der Waals surface area contributed by atoms with Gasteiger partial charge in [-0.1, -0.05) is 17.7 Å². The van der Waals surface area contributed by atoms with Crippen LogP contribution in [0.5, 0.6) is 0 Å². The monoisotopic (exact) mass is 256 g/mol. The number of hydrogen-bond donors (Lipinski definition) is 2. The zero-order valence-corrected chi connectivity index (χ0v) is 11.6. The van der Waals surface area contributed by atoms with E-state index >= 15 is 0 Å². The van der Waals surface area contributed by atoms with Gasteiger partial charge in [0.05, 0.1) is 6.04 Å². The molecule has 0 fully saturated rings. The molecule has 1 atom stereocenters. The largest absolute Gasteiger partial charge is 0.271 e. The number of nitrogens with one attached hydrogen (secondary N) is 1. The van der Waals surface area contributed by atoms with Crippen molar-refractivity contribution in [3.63, 3.8) is 0 Å². The van der Waals surface area contributed by atoms with E-state index < -0.39 is 0 Å². The number of nitrogens with zero attached hydrogens (tertiary/aromatic N) is 2. The molecule has 0 saturated carbocycles. The van der Waals surface area contributed by atoms with Gasteiger partial charge in [-0.2, -0.15) is 0 Å². The first-order valence-corrected chi connectivity index (χ1v) is 6.41. The van der Waals surface area contributed by atoms with Gasteiger partial charge in [-0.15, -0.1) is 0 Å². The summed E-state index contributed by atoms with van der Waals surface area (Å²) in [6, 6.07) is 6.13. The van der Waals surface area contributed by atoms with Crippen LogP contribution in [0.3, 0.4) is 0 Å². The average molecular weight is 256 g/mol. The third-order valence-electron chi connectivity index (χ3n) is 3.35. The SMILES string of the molecule is Cc1cc(C)c(CC(NN)c2ncccn2)c(C)c1. The van der Waals surface area contributed by atoms with Gasteiger partial charge < -0.3 is 0 Å². The van der Waals surface area contributed by atoms with E-state index in [0.717, 1.165) is 12.2 Å². The number of benzene rings is 1. The van der Waals surface area contributed by atoms with E-state index in [-0.39, 0.29) is 6.04 Å². The first-order valence-electron chi connectivity index (χ1n) is 6.41. The van der Waals surface area contributed by atoms with Crippen molar-refractivity contribution in [1.82, 2.24) is 15.4 Å². The third-order valence-corrected chi connectivity index (χ3v) is 3.35. The van der Waals surface area contributed by atoms with Gasteiger partial charge >= 0.3 is 0 Å². The van der Waals surface area contributed by atoms with Gasteiger partial charge in [0, 0.05) is 12.4 Å². The van der Waals surface area contributed by atoms with Gasteiger partial charge in [-0.3, -0.25) is 5.84 Å². The van der Waals surface area contributed by atoms with Crippen LogP contribution in [0, 0.1) is 20.8 Å². The Bertz CT molecular complexity index is 528. The van der Waals surface area contributed by atoms with E-state index in [1.165, 1.54) is 22.3 Å². The van der Waals surface area contributed by atoms with Crippen molar-refractivity contribution in [2.75, 3.05) is 0 Å². The maximum atomic E-state index is 5.65. The van der Waals surface area contributed by atoms with Crippen LogP contribution in [0.4, 0.5) is 0 Å². The molecule has 0 saturated heterocycles. The van der Waals surface area contributed by atoms with Crippen molar-refractivity contribution in [1.29, 1.82) is 0 Å². The van der Waals surface area contributed by atoms with Crippen LogP contribution in [0.15, 0.2) is 30.6 Å². The van der Waals surface area contributed by atoms with Crippen LogP contribution in [-0.4, -0.2) is 9.97 Å². The molecule has 1 unspecified atom stereocenters. The van der Waals surface area contributed by atoms with Crippen LogP contribution < -0.4 is 11.3 Å². The quantitative estimate of drug-likeness (QED) is 0.650. The lowest BCUT2D eigenvalue weighted by Crippen LogP contribution is -2.31. The maximum absolute atomic E-state index is 5.65. The summed E-state index contributed by atoms with van der Waals surface area (Å²) in [6.07, 6.45) is 4.27. The van der Waals surface area contributed by atoms with Crippen LogP contribution in [0.2, 0.25) is 0 Å². The Labute approximate surface area is 114 Å². The van der Waals surface area contributed by atoms with Crippen molar-refractivity contribution in [2.24, 2.45) is 5.84 Å². The zero-order valence-electron chi connectivity index (χ0n) is 11.6. The number of hydrogen-bond acceptors (Lipinski definition) is 4. The molecule has 0 radical (unpaired) electrons. The molecule has 100 valence electrons. The fourth-order valence-corrected chi connectivity index (χ4v) is 2.45. The highest BCUT2D eigenvalue weighted by Crippen LogP contribution is 2.22. The van der Waals surface area contributed by atoms with Gasteiger partial charge in [0.25, 0.3) is 0 Å². The predicted octanol–water partition coefficient (Wildman–Crippen LogP) is 2.15. The van der Waals surface area contributed by atoms with Crippen LogP contribution in [0.25, 0.3) is 0 Å². The van der Waals surface area contributed by atoms with Crippen molar-refractivity contribution >= 4 is 0 Å². The lowest BCUT2D eigenvalue weighted by molar-refractivity contribution is 0.520. The molecule has 0 bridgehead atoms. The molecule has 4 heteroatoms. The minimum Gasteiger partial charge on any atom is -0.271 e. The highest BCUT2D eigenvalue weighted by molar-refractivity contribution is 5.38. The Balaban J connectivity index is 2.29. The molecule has 1 aromatic heterocycles. The number of aryl methyl sites for hydroxylation is 3. The topological polar surface area (TPSA) is 63.8 Å². The molecule has 2 rings (SSSR count). The van der Waals surface area contributed by atoms with Gasteiger partial charge in [0.1, 0.15) is 5.82 Å². The zero-order chi connectivity index (χ0) is 13.8. The number of hydrazine groups is 1. The van der Waals surface area contributed by atoms with Crippen LogP contribution in [-0.2, 0) is 6.42 Å². The molecular weight excluding hydrogens is 236 g/mol. The lowest BCUT2D eigenvalue weighted by Gasteiger charge is -2.18. The predicted molar refractivity (Wildman–Crippen MR) is 76.5 cm³/mol. The summed E-state index contributed by atoms with van der Waals surface area (Å²) < 4.78 is 0. The molecule has 0 aliphatic rings. The molecule has 2 aromatic rings. The van der Waals surface area contributed by atoms with Crippen molar-refractivity contribution in [3.05, 3.63) is 58.7 Å². The molecule has 1 heterocycles. The van der Waals surface area contributed by atoms with Gasteiger partial charge in [0.15, 0.2) is 0 Å². The minimum absolute atomic E-state index is 0.0682. The van der Waals surface area contributed by atoms with Crippen LogP contribution in [0.1, 0.15) is 34.1 Å². The van der Waals surface area contributed by atoms with Crippen LogP contribution >= 0.6 is 0 Å². The standard InChI is InChI=1S/C15H20N4/c1-10-7-11(2)13(12(3)8-10)9-14(19-16)15-17-5-4-6-18-15/h4-8,14,19H,9,16H2,1-3H3. The molecule has 4 nitrogen and oxygen atoms in total. The molecule has 3 N–H and O–H groups in total. The summed E-state index contributed by atoms with van der Waals surface area (Å²) in [4.78, 5) is 8.54. The fraction of sp³-hybridized carbons (Fsp3) is 0.333. The summed E-state index contributed by atoms with van der Waals surface area (Å²) in [5, 5.41) is 0. The molecule has 0 aliphatic heterocycles. The highest BCUT2D eigenvalue weighted by Gasteiger charge is 2.15. The first-order chi connectivity index (χ1) is 9.11. The first kappa shape index (κ1) is 13.6. The Morgan fingerprint density at radius 2 is 1.68 bits per heavy atom. The molecule has 19 heavy (non-hydrogen) atoms. The summed E-state index contributed by atoms with van der Waals surface area (Å²) in [6.45, 7) is 6.38. The van der Waals surface area contributed by atoms with E-state index in [1.54, 1.807) is 18.5 Å². The van der Waals surface area contributed by atoms with Gasteiger partial charge in [-0.05, 0) is 49.9 Å². The van der Waals surface area contributed by atoms with Crippen molar-refractivity contribution in [2.45, 2.75) is 33.2 Å². The smallest absolute Gasteiger partial charge is 0.146 e. The second-order valence-corrected chi connectivity index (χ2v) is 4.91. The fourth-order valence-electron chi connectivity index (χ4n) is 2.45. The molecule has 0 amide bonds. The van der Waals surface area contributed by atoms with E-state index in [2.05, 4.69) is 48.3 Å². The molecule has 1 aromatic carbocycles. The van der Waals surface area contributed by atoms with E-state index in [0.29, 0.717) is 0 Å². The van der Waals surface area contributed by atoms with E-state index in [9.17, 15) is 0 Å². The summed E-state index contributed by atoms with van der Waals surface area (Å²) in [5.41, 5.74) is 7.97. The van der Waals surface area contributed by atoms with Gasteiger partial charge in [0.2, 0.25) is 0 Å². The summed E-state index contributed by atoms with van der Waals surface area (Å²) in [7, 11) is 0.